The number of hydrogen-bond acceptors (Lipinski definition) is 3. The number of rotatable bonds is 5. The normalized spacial score (nSPS) is 19.1. The van der Waals surface area contributed by atoms with E-state index in [0.29, 0.717) is 6.54 Å². The summed E-state index contributed by atoms with van der Waals surface area (Å²) < 4.78 is 6.62. The van der Waals surface area contributed by atoms with Gasteiger partial charge in [-0.05, 0) is 45.5 Å². The number of benzene rings is 3. The molecule has 0 aromatic heterocycles. The van der Waals surface area contributed by atoms with E-state index in [-0.39, 0.29) is 24.7 Å². The quantitative estimate of drug-likeness (QED) is 0.536. The fraction of sp³-hybridized carbons (Fsp3) is 0.200. The summed E-state index contributed by atoms with van der Waals surface area (Å²) in [5.74, 6) is -0.862. The van der Waals surface area contributed by atoms with Crippen LogP contribution in [-0.2, 0) is 28.9 Å². The van der Waals surface area contributed by atoms with E-state index in [1.165, 1.54) is 5.56 Å². The Bertz CT molecular complexity index is 1190. The smallest absolute Gasteiger partial charge is 0.411 e. The van der Waals surface area contributed by atoms with Gasteiger partial charge in [0.2, 0.25) is 0 Å². The van der Waals surface area contributed by atoms with Crippen molar-refractivity contribution in [1.29, 1.82) is 0 Å². The van der Waals surface area contributed by atoms with Crippen LogP contribution in [0.15, 0.2) is 71.2 Å². The SMILES string of the molecule is O=C(O)Cc1cccc(-c2ccc(Br)cc2CN2C(=O)O[C@@H]3Cc4ccccc4[C@@H]32)c1. The number of hydrogen-bond donors (Lipinski definition) is 1. The molecule has 31 heavy (non-hydrogen) atoms. The van der Waals surface area contributed by atoms with Crippen LogP contribution < -0.4 is 0 Å². The Balaban J connectivity index is 1.51. The predicted molar refractivity (Wildman–Crippen MR) is 120 cm³/mol. The van der Waals surface area contributed by atoms with Crippen molar-refractivity contribution in [1.82, 2.24) is 4.90 Å². The van der Waals surface area contributed by atoms with Crippen molar-refractivity contribution in [3.05, 3.63) is 93.5 Å². The third kappa shape index (κ3) is 3.72. The van der Waals surface area contributed by atoms with Crippen molar-refractivity contribution in [3.8, 4) is 11.1 Å². The number of carbonyl (C=O) groups is 2. The lowest BCUT2D eigenvalue weighted by atomic mass is 9.96. The summed E-state index contributed by atoms with van der Waals surface area (Å²) in [5.41, 5.74) is 5.99. The molecule has 5 rings (SSSR count). The molecule has 2 aliphatic rings. The maximum atomic E-state index is 12.7. The molecule has 0 unspecified atom stereocenters. The van der Waals surface area contributed by atoms with Crippen molar-refractivity contribution in [2.24, 2.45) is 0 Å². The molecule has 3 aromatic rings. The van der Waals surface area contributed by atoms with Gasteiger partial charge in [0.15, 0.2) is 0 Å². The highest BCUT2D eigenvalue weighted by molar-refractivity contribution is 9.10. The second-order valence-electron chi connectivity index (χ2n) is 7.97. The van der Waals surface area contributed by atoms with E-state index >= 15 is 0 Å². The Morgan fingerprint density at radius 1 is 1.10 bits per heavy atom. The van der Waals surface area contributed by atoms with Gasteiger partial charge in [0.25, 0.3) is 0 Å². The van der Waals surface area contributed by atoms with Gasteiger partial charge in [-0.25, -0.2) is 4.79 Å². The predicted octanol–water partition coefficient (Wildman–Crippen LogP) is 5.36. The Morgan fingerprint density at radius 2 is 1.94 bits per heavy atom. The van der Waals surface area contributed by atoms with Gasteiger partial charge in [-0.2, -0.15) is 0 Å². The van der Waals surface area contributed by atoms with Crippen LogP contribution in [-0.4, -0.2) is 28.2 Å². The van der Waals surface area contributed by atoms with Crippen LogP contribution in [0.5, 0.6) is 0 Å². The number of carboxylic acids is 1. The Morgan fingerprint density at radius 3 is 2.77 bits per heavy atom. The van der Waals surface area contributed by atoms with Gasteiger partial charge in [0, 0.05) is 10.9 Å². The lowest BCUT2D eigenvalue weighted by Crippen LogP contribution is -2.27. The zero-order chi connectivity index (χ0) is 21.5. The number of aliphatic carboxylic acids is 1. The fourth-order valence-corrected chi connectivity index (χ4v) is 5.08. The van der Waals surface area contributed by atoms with Gasteiger partial charge < -0.3 is 9.84 Å². The molecule has 1 amide bonds. The number of ether oxygens (including phenoxy) is 1. The molecule has 156 valence electrons. The molecule has 1 saturated heterocycles. The number of halogens is 1. The lowest BCUT2D eigenvalue weighted by molar-refractivity contribution is -0.136. The van der Waals surface area contributed by atoms with Crippen LogP contribution in [0.4, 0.5) is 4.79 Å². The molecular formula is C25H20BrNO4. The van der Waals surface area contributed by atoms with E-state index in [9.17, 15) is 9.59 Å². The van der Waals surface area contributed by atoms with Crippen LogP contribution in [0, 0.1) is 0 Å². The number of fused-ring (bicyclic) bond motifs is 3. The molecule has 1 aliphatic heterocycles. The third-order valence-corrected chi connectivity index (χ3v) is 6.46. The summed E-state index contributed by atoms with van der Waals surface area (Å²) in [6.45, 7) is 0.409. The molecule has 1 heterocycles. The first-order chi connectivity index (χ1) is 15.0. The van der Waals surface area contributed by atoms with Crippen molar-refractivity contribution >= 4 is 28.0 Å². The van der Waals surface area contributed by atoms with E-state index in [4.69, 9.17) is 9.84 Å². The minimum absolute atomic E-state index is 0.0291. The van der Waals surface area contributed by atoms with Crippen molar-refractivity contribution in [3.63, 3.8) is 0 Å². The molecular weight excluding hydrogens is 458 g/mol. The molecule has 0 radical (unpaired) electrons. The first-order valence-electron chi connectivity index (χ1n) is 10.1. The van der Waals surface area contributed by atoms with Crippen LogP contribution in [0.2, 0.25) is 0 Å². The Kier molecular flexibility index (Phi) is 5.02. The summed E-state index contributed by atoms with van der Waals surface area (Å²) in [5, 5.41) is 9.14. The number of nitrogens with zero attached hydrogens (tertiary/aromatic N) is 1. The van der Waals surface area contributed by atoms with Crippen LogP contribution in [0.25, 0.3) is 11.1 Å². The minimum atomic E-state index is -0.862. The highest BCUT2D eigenvalue weighted by Crippen LogP contribution is 2.44. The average Bonchev–Trinajstić information content (AvgIpc) is 3.23. The van der Waals surface area contributed by atoms with Crippen LogP contribution in [0.1, 0.15) is 28.3 Å². The highest BCUT2D eigenvalue weighted by Gasteiger charge is 2.47. The number of carbonyl (C=O) groups excluding carboxylic acids is 1. The van der Waals surface area contributed by atoms with Crippen molar-refractivity contribution in [2.75, 3.05) is 0 Å². The Hall–Kier alpha value is -3.12. The molecule has 0 bridgehead atoms. The molecule has 1 fully saturated rings. The molecule has 5 nitrogen and oxygen atoms in total. The summed E-state index contributed by atoms with van der Waals surface area (Å²) in [4.78, 5) is 25.7. The maximum absolute atomic E-state index is 12.7. The molecule has 6 heteroatoms. The lowest BCUT2D eigenvalue weighted by Gasteiger charge is -2.23. The number of amides is 1. The fourth-order valence-electron chi connectivity index (χ4n) is 4.67. The van der Waals surface area contributed by atoms with Gasteiger partial charge in [-0.1, -0.05) is 70.5 Å². The summed E-state index contributed by atoms with van der Waals surface area (Å²) in [6, 6.07) is 21.6. The molecule has 0 saturated carbocycles. The van der Waals surface area contributed by atoms with Gasteiger partial charge in [-0.3, -0.25) is 9.69 Å². The van der Waals surface area contributed by atoms with Crippen molar-refractivity contribution < 1.29 is 19.4 Å². The maximum Gasteiger partial charge on any atom is 0.411 e. The first kappa shape index (κ1) is 19.8. The number of carboxylic acid groups (broad SMARTS) is 1. The van der Waals surface area contributed by atoms with E-state index in [0.717, 1.165) is 38.7 Å². The van der Waals surface area contributed by atoms with Crippen molar-refractivity contribution in [2.45, 2.75) is 31.5 Å². The third-order valence-electron chi connectivity index (χ3n) is 5.97. The van der Waals surface area contributed by atoms with E-state index < -0.39 is 5.97 Å². The van der Waals surface area contributed by atoms with Crippen LogP contribution >= 0.6 is 15.9 Å². The summed E-state index contributed by atoms with van der Waals surface area (Å²) >= 11 is 3.55. The molecule has 1 N–H and O–H groups in total. The van der Waals surface area contributed by atoms with Gasteiger partial charge >= 0.3 is 12.1 Å². The topological polar surface area (TPSA) is 66.8 Å². The zero-order valence-electron chi connectivity index (χ0n) is 16.6. The van der Waals surface area contributed by atoms with Gasteiger partial charge in [0.1, 0.15) is 6.10 Å². The van der Waals surface area contributed by atoms with Gasteiger partial charge in [0.05, 0.1) is 19.0 Å². The largest absolute Gasteiger partial charge is 0.481 e. The van der Waals surface area contributed by atoms with Crippen LogP contribution in [0.3, 0.4) is 0 Å². The molecule has 0 spiro atoms. The standard InChI is InChI=1S/C25H20BrNO4/c26-19-8-9-20(16-6-3-4-15(10-16)11-23(28)29)18(12-19)14-27-24-21-7-2-1-5-17(21)13-22(24)31-25(27)30/h1-10,12,22,24H,11,13-14H2,(H,28,29)/t22-,24+/m1/s1. The summed E-state index contributed by atoms with van der Waals surface area (Å²) in [7, 11) is 0. The second-order valence-corrected chi connectivity index (χ2v) is 8.89. The monoisotopic (exact) mass is 477 g/mol. The first-order valence-corrected chi connectivity index (χ1v) is 10.9. The van der Waals surface area contributed by atoms with Gasteiger partial charge in [-0.15, -0.1) is 0 Å². The summed E-state index contributed by atoms with van der Waals surface area (Å²) in [6.07, 6.45) is 0.263. The highest BCUT2D eigenvalue weighted by atomic mass is 79.9. The van der Waals surface area contributed by atoms with E-state index in [1.54, 1.807) is 0 Å². The molecule has 1 aliphatic carbocycles. The zero-order valence-corrected chi connectivity index (χ0v) is 18.2. The minimum Gasteiger partial charge on any atom is -0.481 e. The second kappa shape index (κ2) is 7.85. The van der Waals surface area contributed by atoms with E-state index in [2.05, 4.69) is 28.1 Å². The molecule has 2 atom stereocenters. The molecule has 3 aromatic carbocycles. The Labute approximate surface area is 188 Å². The van der Waals surface area contributed by atoms with E-state index in [1.807, 2.05) is 59.5 Å². The average molecular weight is 478 g/mol.